The zero-order valence-corrected chi connectivity index (χ0v) is 18.1. The van der Waals surface area contributed by atoms with E-state index in [4.69, 9.17) is 4.74 Å². The summed E-state index contributed by atoms with van der Waals surface area (Å²) in [4.78, 5) is 25.0. The molecule has 164 valence electrons. The van der Waals surface area contributed by atoms with Gasteiger partial charge in [0.05, 0.1) is 11.3 Å². The third-order valence-corrected chi connectivity index (χ3v) is 5.30. The molecule has 2 aromatic carbocycles. The lowest BCUT2D eigenvalue weighted by Gasteiger charge is -2.13. The number of nitrogens with zero attached hydrogens (tertiary/aromatic N) is 3. The number of carbonyl (C=O) groups excluding carboxylic acids is 2. The zero-order valence-electron chi connectivity index (χ0n) is 18.1. The van der Waals surface area contributed by atoms with Crippen molar-refractivity contribution in [3.05, 3.63) is 89.2 Å². The van der Waals surface area contributed by atoms with Crippen molar-refractivity contribution >= 4 is 17.7 Å². The van der Waals surface area contributed by atoms with Gasteiger partial charge >= 0.3 is 5.97 Å². The molecular formula is C25H21N5O3. The fraction of sp³-hybridized carbons (Fsp3) is 0.120. The maximum absolute atomic E-state index is 12.6. The minimum absolute atomic E-state index is 0.138. The molecule has 0 saturated carbocycles. The van der Waals surface area contributed by atoms with E-state index in [0.29, 0.717) is 17.1 Å². The van der Waals surface area contributed by atoms with E-state index in [1.165, 1.54) is 0 Å². The van der Waals surface area contributed by atoms with Gasteiger partial charge in [-0.3, -0.25) is 14.5 Å². The van der Waals surface area contributed by atoms with E-state index in [0.717, 1.165) is 22.5 Å². The van der Waals surface area contributed by atoms with E-state index >= 15 is 0 Å². The van der Waals surface area contributed by atoms with Crippen LogP contribution < -0.4 is 5.32 Å². The molecule has 0 fully saturated rings. The second kappa shape index (κ2) is 9.24. The summed E-state index contributed by atoms with van der Waals surface area (Å²) in [6.45, 7) is 3.19. The number of hydrogen-bond donors (Lipinski definition) is 2. The highest BCUT2D eigenvalue weighted by molar-refractivity contribution is 5.96. The van der Waals surface area contributed by atoms with Gasteiger partial charge in [0.25, 0.3) is 5.91 Å². The summed E-state index contributed by atoms with van der Waals surface area (Å²) in [6, 6.07) is 22.5. The van der Waals surface area contributed by atoms with Crippen molar-refractivity contribution in [3.63, 3.8) is 0 Å². The summed E-state index contributed by atoms with van der Waals surface area (Å²) >= 11 is 0. The number of aromatic amines is 1. The predicted molar refractivity (Wildman–Crippen MR) is 123 cm³/mol. The van der Waals surface area contributed by atoms with E-state index in [2.05, 4.69) is 21.6 Å². The number of nitriles is 1. The second-order valence-corrected chi connectivity index (χ2v) is 7.37. The van der Waals surface area contributed by atoms with Crippen LogP contribution in [0.3, 0.4) is 0 Å². The number of anilines is 1. The standard InChI is InChI=1S/C25H21N5O3/c1-16-17(2)30(19-11-7-4-8-12-19)24(20(16)14-26)27-23(31)15-33-25(32)22-13-21(28-29-22)18-9-5-3-6-10-18/h3-13H,15H2,1-2H3,(H,27,31)(H,28,29). The molecule has 0 bridgehead atoms. The van der Waals surface area contributed by atoms with Crippen LogP contribution in [-0.2, 0) is 9.53 Å². The number of hydrogen-bond acceptors (Lipinski definition) is 5. The van der Waals surface area contributed by atoms with Crippen LogP contribution in [0, 0.1) is 25.2 Å². The fourth-order valence-corrected chi connectivity index (χ4v) is 3.52. The first-order valence-electron chi connectivity index (χ1n) is 10.2. The molecule has 0 saturated heterocycles. The Labute approximate surface area is 190 Å². The number of amides is 1. The van der Waals surface area contributed by atoms with Crippen molar-refractivity contribution in [2.24, 2.45) is 0 Å². The van der Waals surface area contributed by atoms with Crippen LogP contribution in [-0.4, -0.2) is 33.2 Å². The van der Waals surface area contributed by atoms with Crippen molar-refractivity contribution in [3.8, 4) is 23.0 Å². The Balaban J connectivity index is 1.48. The number of nitrogens with one attached hydrogen (secondary N) is 2. The molecule has 0 atom stereocenters. The minimum Gasteiger partial charge on any atom is -0.451 e. The van der Waals surface area contributed by atoms with Gasteiger partial charge in [-0.1, -0.05) is 48.5 Å². The Kier molecular flexibility index (Phi) is 6.04. The monoisotopic (exact) mass is 439 g/mol. The molecule has 33 heavy (non-hydrogen) atoms. The van der Waals surface area contributed by atoms with E-state index in [-0.39, 0.29) is 5.69 Å². The predicted octanol–water partition coefficient (Wildman–Crippen LogP) is 4.15. The van der Waals surface area contributed by atoms with Crippen LogP contribution in [0.4, 0.5) is 5.82 Å². The summed E-state index contributed by atoms with van der Waals surface area (Å²) in [5, 5.41) is 19.1. The molecule has 2 N–H and O–H groups in total. The molecule has 0 aliphatic rings. The molecule has 0 aliphatic carbocycles. The highest BCUT2D eigenvalue weighted by Crippen LogP contribution is 2.29. The van der Waals surface area contributed by atoms with Crippen LogP contribution in [0.25, 0.3) is 16.9 Å². The minimum atomic E-state index is -0.703. The molecule has 4 aromatic rings. The first kappa shape index (κ1) is 21.6. The van der Waals surface area contributed by atoms with Crippen LogP contribution in [0.1, 0.15) is 27.3 Å². The lowest BCUT2D eigenvalue weighted by atomic mass is 10.1. The van der Waals surface area contributed by atoms with Crippen molar-refractivity contribution in [1.29, 1.82) is 5.26 Å². The number of H-pyrrole nitrogens is 1. The number of rotatable bonds is 6. The summed E-state index contributed by atoms with van der Waals surface area (Å²) < 4.78 is 6.95. The normalized spacial score (nSPS) is 10.5. The maximum Gasteiger partial charge on any atom is 0.356 e. The highest BCUT2D eigenvalue weighted by Gasteiger charge is 2.21. The first-order chi connectivity index (χ1) is 16.0. The van der Waals surface area contributed by atoms with Gasteiger partial charge in [0.2, 0.25) is 0 Å². The van der Waals surface area contributed by atoms with Crippen molar-refractivity contribution in [2.75, 3.05) is 11.9 Å². The quantitative estimate of drug-likeness (QED) is 0.438. The second-order valence-electron chi connectivity index (χ2n) is 7.37. The largest absolute Gasteiger partial charge is 0.451 e. The number of benzene rings is 2. The average molecular weight is 439 g/mol. The number of carbonyl (C=O) groups is 2. The van der Waals surface area contributed by atoms with Gasteiger partial charge in [-0.2, -0.15) is 10.4 Å². The van der Waals surface area contributed by atoms with Gasteiger partial charge in [0.1, 0.15) is 17.6 Å². The Morgan fingerprint density at radius 1 is 1.09 bits per heavy atom. The topological polar surface area (TPSA) is 113 Å². The van der Waals surface area contributed by atoms with Crippen molar-refractivity contribution in [2.45, 2.75) is 13.8 Å². The molecule has 0 unspecified atom stereocenters. The molecular weight excluding hydrogens is 418 g/mol. The highest BCUT2D eigenvalue weighted by atomic mass is 16.5. The lowest BCUT2D eigenvalue weighted by Crippen LogP contribution is -2.23. The summed E-state index contributed by atoms with van der Waals surface area (Å²) in [5.74, 6) is -0.920. The van der Waals surface area contributed by atoms with Crippen LogP contribution in [0.5, 0.6) is 0 Å². The van der Waals surface area contributed by atoms with E-state index in [1.807, 2.05) is 74.5 Å². The SMILES string of the molecule is Cc1c(C#N)c(NC(=O)COC(=O)c2cc(-c3ccccc3)n[nH]2)n(-c2ccccc2)c1C. The number of para-hydroxylation sites is 1. The molecule has 2 heterocycles. The lowest BCUT2D eigenvalue weighted by molar-refractivity contribution is -0.119. The Hall–Kier alpha value is -4.64. The zero-order chi connectivity index (χ0) is 23.4. The number of ether oxygens (including phenoxy) is 1. The third kappa shape index (κ3) is 4.38. The molecule has 8 nitrogen and oxygen atoms in total. The van der Waals surface area contributed by atoms with E-state index in [1.54, 1.807) is 10.6 Å². The summed E-state index contributed by atoms with van der Waals surface area (Å²) in [6.07, 6.45) is 0. The van der Waals surface area contributed by atoms with E-state index in [9.17, 15) is 14.9 Å². The summed E-state index contributed by atoms with van der Waals surface area (Å²) in [5.41, 5.74) is 4.34. The molecule has 2 aromatic heterocycles. The van der Waals surface area contributed by atoms with Crippen LogP contribution >= 0.6 is 0 Å². The molecule has 1 amide bonds. The van der Waals surface area contributed by atoms with Gasteiger partial charge in [0, 0.05) is 16.9 Å². The van der Waals surface area contributed by atoms with E-state index < -0.39 is 18.5 Å². The number of esters is 1. The Bertz CT molecular complexity index is 1350. The summed E-state index contributed by atoms with van der Waals surface area (Å²) in [7, 11) is 0. The molecule has 0 aliphatic heterocycles. The number of aromatic nitrogens is 3. The average Bonchev–Trinajstić information content (AvgIpc) is 3.42. The Morgan fingerprint density at radius 2 is 1.76 bits per heavy atom. The molecule has 0 radical (unpaired) electrons. The molecule has 0 spiro atoms. The Morgan fingerprint density at radius 3 is 2.42 bits per heavy atom. The van der Waals surface area contributed by atoms with Crippen molar-refractivity contribution in [1.82, 2.24) is 14.8 Å². The van der Waals surface area contributed by atoms with Gasteiger partial charge in [-0.15, -0.1) is 0 Å². The van der Waals surface area contributed by atoms with Gasteiger partial charge in [-0.25, -0.2) is 4.79 Å². The first-order valence-corrected chi connectivity index (χ1v) is 10.2. The van der Waals surface area contributed by atoms with Gasteiger partial charge < -0.3 is 10.1 Å². The smallest absolute Gasteiger partial charge is 0.356 e. The maximum atomic E-state index is 12.6. The van der Waals surface area contributed by atoms with Crippen molar-refractivity contribution < 1.29 is 14.3 Å². The van der Waals surface area contributed by atoms with Gasteiger partial charge in [-0.05, 0) is 37.6 Å². The fourth-order valence-electron chi connectivity index (χ4n) is 3.52. The molecule has 8 heteroatoms. The molecule has 4 rings (SSSR count). The third-order valence-electron chi connectivity index (χ3n) is 5.30. The van der Waals surface area contributed by atoms with Crippen LogP contribution in [0.2, 0.25) is 0 Å². The van der Waals surface area contributed by atoms with Gasteiger partial charge in [0.15, 0.2) is 6.61 Å². The van der Waals surface area contributed by atoms with Crippen LogP contribution in [0.15, 0.2) is 66.7 Å².